The fourth-order valence-corrected chi connectivity index (χ4v) is 2.96. The van der Waals surface area contributed by atoms with E-state index in [9.17, 15) is 9.90 Å². The first-order chi connectivity index (χ1) is 8.75. The predicted molar refractivity (Wildman–Crippen MR) is 70.4 cm³/mol. The van der Waals surface area contributed by atoms with Crippen LogP contribution in [0.5, 0.6) is 0 Å². The van der Waals surface area contributed by atoms with Gasteiger partial charge >= 0.3 is 6.09 Å². The maximum Gasteiger partial charge on any atom is 0.411 e. The summed E-state index contributed by atoms with van der Waals surface area (Å²) in [6, 6.07) is 4.33. The number of aryl methyl sites for hydroxylation is 1. The summed E-state index contributed by atoms with van der Waals surface area (Å²) in [6.07, 6.45) is 3.14. The Bertz CT molecular complexity index is 485. The number of amides is 1. The van der Waals surface area contributed by atoms with Gasteiger partial charge in [0, 0.05) is 6.54 Å². The standard InChI is InChI=1S/C14H18N2O2/c17-14(18)16-7-1-2-12-8-10-3-5-15-6-4-11(10)9-13(12)16/h8-9,15H,1-7H2,(H,17,18). The molecule has 2 aliphatic rings. The van der Waals surface area contributed by atoms with Gasteiger partial charge in [-0.15, -0.1) is 0 Å². The minimum absolute atomic E-state index is 0.624. The van der Waals surface area contributed by atoms with E-state index in [0.717, 1.165) is 44.5 Å². The van der Waals surface area contributed by atoms with Gasteiger partial charge < -0.3 is 10.4 Å². The summed E-state index contributed by atoms with van der Waals surface area (Å²) in [5.74, 6) is 0. The molecule has 0 radical (unpaired) electrons. The Balaban J connectivity index is 2.05. The number of carbonyl (C=O) groups is 1. The highest BCUT2D eigenvalue weighted by Crippen LogP contribution is 2.31. The molecule has 1 aromatic carbocycles. The van der Waals surface area contributed by atoms with Crippen molar-refractivity contribution < 1.29 is 9.90 Å². The van der Waals surface area contributed by atoms with E-state index in [1.165, 1.54) is 21.6 Å². The number of nitrogens with one attached hydrogen (secondary N) is 1. The van der Waals surface area contributed by atoms with Crippen molar-refractivity contribution in [2.45, 2.75) is 25.7 Å². The van der Waals surface area contributed by atoms with Gasteiger partial charge in [-0.3, -0.25) is 4.90 Å². The molecule has 0 fully saturated rings. The molecule has 0 unspecified atom stereocenters. The third kappa shape index (κ3) is 1.97. The number of rotatable bonds is 0. The number of fused-ring (bicyclic) bond motifs is 2. The molecule has 0 atom stereocenters. The number of anilines is 1. The van der Waals surface area contributed by atoms with Crippen LogP contribution in [0, 0.1) is 0 Å². The van der Waals surface area contributed by atoms with E-state index < -0.39 is 6.09 Å². The van der Waals surface area contributed by atoms with Crippen LogP contribution in [0.25, 0.3) is 0 Å². The fraction of sp³-hybridized carbons (Fsp3) is 0.500. The van der Waals surface area contributed by atoms with Crippen molar-refractivity contribution in [2.75, 3.05) is 24.5 Å². The SMILES string of the molecule is O=C(O)N1CCCc2cc3c(cc21)CCNCC3. The molecule has 0 spiro atoms. The molecule has 18 heavy (non-hydrogen) atoms. The minimum Gasteiger partial charge on any atom is -0.465 e. The number of benzene rings is 1. The van der Waals surface area contributed by atoms with Crippen molar-refractivity contribution in [3.8, 4) is 0 Å². The van der Waals surface area contributed by atoms with Crippen molar-refractivity contribution in [2.24, 2.45) is 0 Å². The van der Waals surface area contributed by atoms with Gasteiger partial charge in [0.1, 0.15) is 0 Å². The van der Waals surface area contributed by atoms with E-state index >= 15 is 0 Å². The van der Waals surface area contributed by atoms with E-state index in [1.807, 2.05) is 0 Å². The first-order valence-corrected chi connectivity index (χ1v) is 6.61. The van der Waals surface area contributed by atoms with Gasteiger partial charge in [-0.2, -0.15) is 0 Å². The molecule has 0 saturated heterocycles. The minimum atomic E-state index is -0.831. The summed E-state index contributed by atoms with van der Waals surface area (Å²) in [7, 11) is 0. The fourth-order valence-electron chi connectivity index (χ4n) is 2.96. The lowest BCUT2D eigenvalue weighted by atomic mass is 9.93. The normalized spacial score (nSPS) is 18.8. The van der Waals surface area contributed by atoms with Crippen LogP contribution >= 0.6 is 0 Å². The number of hydrogen-bond donors (Lipinski definition) is 2. The van der Waals surface area contributed by atoms with Crippen molar-refractivity contribution in [1.82, 2.24) is 5.32 Å². The Kier molecular flexibility index (Phi) is 2.96. The quantitative estimate of drug-likeness (QED) is 0.734. The van der Waals surface area contributed by atoms with Crippen LogP contribution in [0.15, 0.2) is 12.1 Å². The molecule has 2 N–H and O–H groups in total. The first kappa shape index (κ1) is 11.5. The second kappa shape index (κ2) is 4.61. The van der Waals surface area contributed by atoms with Gasteiger partial charge in [0.2, 0.25) is 0 Å². The summed E-state index contributed by atoms with van der Waals surface area (Å²) >= 11 is 0. The highest BCUT2D eigenvalue weighted by atomic mass is 16.4. The largest absolute Gasteiger partial charge is 0.465 e. The van der Waals surface area contributed by atoms with E-state index in [-0.39, 0.29) is 0 Å². The molecule has 0 aliphatic carbocycles. The molecule has 3 rings (SSSR count). The highest BCUT2D eigenvalue weighted by Gasteiger charge is 2.23. The predicted octanol–water partition coefficient (Wildman–Crippen LogP) is 1.81. The zero-order valence-corrected chi connectivity index (χ0v) is 10.4. The van der Waals surface area contributed by atoms with Gasteiger partial charge in [0.15, 0.2) is 0 Å². The van der Waals surface area contributed by atoms with Gasteiger partial charge in [-0.05, 0) is 61.5 Å². The van der Waals surface area contributed by atoms with Crippen LogP contribution in [0.1, 0.15) is 23.1 Å². The summed E-state index contributed by atoms with van der Waals surface area (Å²) in [5, 5.41) is 12.6. The van der Waals surface area contributed by atoms with Gasteiger partial charge in [-0.25, -0.2) is 4.79 Å². The zero-order valence-electron chi connectivity index (χ0n) is 10.4. The molecule has 2 aliphatic heterocycles. The Morgan fingerprint density at radius 2 is 1.83 bits per heavy atom. The number of hydrogen-bond acceptors (Lipinski definition) is 2. The maximum atomic E-state index is 11.3. The number of nitrogens with zero attached hydrogens (tertiary/aromatic N) is 1. The lowest BCUT2D eigenvalue weighted by Crippen LogP contribution is -2.34. The average Bonchev–Trinajstić information content (AvgIpc) is 2.59. The van der Waals surface area contributed by atoms with E-state index in [1.54, 1.807) is 0 Å². The van der Waals surface area contributed by atoms with Crippen LogP contribution in [0.2, 0.25) is 0 Å². The lowest BCUT2D eigenvalue weighted by molar-refractivity contribution is 0.201. The Labute approximate surface area is 107 Å². The first-order valence-electron chi connectivity index (χ1n) is 6.61. The molecule has 4 nitrogen and oxygen atoms in total. The smallest absolute Gasteiger partial charge is 0.411 e. The Morgan fingerprint density at radius 3 is 2.56 bits per heavy atom. The summed E-state index contributed by atoms with van der Waals surface area (Å²) < 4.78 is 0. The van der Waals surface area contributed by atoms with E-state index in [4.69, 9.17) is 0 Å². The van der Waals surface area contributed by atoms with Crippen LogP contribution in [-0.2, 0) is 19.3 Å². The van der Waals surface area contributed by atoms with Crippen LogP contribution in [-0.4, -0.2) is 30.8 Å². The lowest BCUT2D eigenvalue weighted by Gasteiger charge is -2.28. The van der Waals surface area contributed by atoms with Crippen LogP contribution < -0.4 is 10.2 Å². The average molecular weight is 246 g/mol. The van der Waals surface area contributed by atoms with E-state index in [2.05, 4.69) is 17.4 Å². The molecular weight excluding hydrogens is 228 g/mol. The van der Waals surface area contributed by atoms with Gasteiger partial charge in [0.25, 0.3) is 0 Å². The molecule has 0 aromatic heterocycles. The number of carboxylic acid groups (broad SMARTS) is 1. The van der Waals surface area contributed by atoms with Crippen molar-refractivity contribution in [1.29, 1.82) is 0 Å². The molecule has 0 saturated carbocycles. The second-order valence-corrected chi connectivity index (χ2v) is 5.04. The van der Waals surface area contributed by atoms with Crippen molar-refractivity contribution in [3.05, 3.63) is 28.8 Å². The molecule has 2 heterocycles. The molecule has 4 heteroatoms. The van der Waals surface area contributed by atoms with E-state index in [0.29, 0.717) is 6.54 Å². The topological polar surface area (TPSA) is 52.6 Å². The van der Waals surface area contributed by atoms with Gasteiger partial charge in [0.05, 0.1) is 5.69 Å². The molecular formula is C14H18N2O2. The molecule has 1 amide bonds. The van der Waals surface area contributed by atoms with Crippen molar-refractivity contribution >= 4 is 11.8 Å². The van der Waals surface area contributed by atoms with Crippen molar-refractivity contribution in [3.63, 3.8) is 0 Å². The third-order valence-corrected chi connectivity index (χ3v) is 3.89. The zero-order chi connectivity index (χ0) is 12.5. The molecule has 96 valence electrons. The highest BCUT2D eigenvalue weighted by molar-refractivity contribution is 5.88. The monoisotopic (exact) mass is 246 g/mol. The summed E-state index contributed by atoms with van der Waals surface area (Å²) in [4.78, 5) is 12.8. The molecule has 1 aromatic rings. The van der Waals surface area contributed by atoms with Gasteiger partial charge in [-0.1, -0.05) is 6.07 Å². The Hall–Kier alpha value is -1.55. The summed E-state index contributed by atoms with van der Waals surface area (Å²) in [5.41, 5.74) is 4.82. The van der Waals surface area contributed by atoms with Crippen LogP contribution in [0.4, 0.5) is 10.5 Å². The second-order valence-electron chi connectivity index (χ2n) is 5.04. The Morgan fingerprint density at radius 1 is 1.11 bits per heavy atom. The third-order valence-electron chi connectivity index (χ3n) is 3.89. The maximum absolute atomic E-state index is 11.3. The van der Waals surface area contributed by atoms with Crippen LogP contribution in [0.3, 0.4) is 0 Å². The molecule has 0 bridgehead atoms. The summed E-state index contributed by atoms with van der Waals surface area (Å²) in [6.45, 7) is 2.63.